The first kappa shape index (κ1) is 14.7. The van der Waals surface area contributed by atoms with Crippen molar-refractivity contribution in [3.63, 3.8) is 0 Å². The highest BCUT2D eigenvalue weighted by molar-refractivity contribution is 5.90. The van der Waals surface area contributed by atoms with Crippen molar-refractivity contribution in [1.82, 2.24) is 0 Å². The topological polar surface area (TPSA) is 81.1 Å². The largest absolute Gasteiger partial charge is 0.330 e. The quantitative estimate of drug-likeness (QED) is 0.613. The number of nitrogens with two attached hydrogens (primary N) is 2. The van der Waals surface area contributed by atoms with Gasteiger partial charge in [-0.3, -0.25) is 4.79 Å². The lowest BCUT2D eigenvalue weighted by molar-refractivity contribution is -0.116. The van der Waals surface area contributed by atoms with Crippen molar-refractivity contribution in [2.75, 3.05) is 18.4 Å². The van der Waals surface area contributed by atoms with Crippen LogP contribution in [-0.2, 0) is 11.2 Å². The standard InChI is InChI=1S/C14H23N3O/c15-10-3-1-2-4-14(18)17-13-7-5-12(6-8-13)9-11-16/h5-8H,1-4,9-11,15-16H2,(H,17,18). The highest BCUT2D eigenvalue weighted by Gasteiger charge is 2.02. The third kappa shape index (κ3) is 5.80. The van der Waals surface area contributed by atoms with Crippen molar-refractivity contribution < 1.29 is 4.79 Å². The van der Waals surface area contributed by atoms with Crippen LogP contribution < -0.4 is 16.8 Å². The zero-order valence-electron chi connectivity index (χ0n) is 10.8. The van der Waals surface area contributed by atoms with E-state index in [-0.39, 0.29) is 5.91 Å². The molecule has 5 N–H and O–H groups in total. The van der Waals surface area contributed by atoms with E-state index >= 15 is 0 Å². The van der Waals surface area contributed by atoms with Crippen LogP contribution in [0, 0.1) is 0 Å². The zero-order chi connectivity index (χ0) is 13.2. The molecule has 0 fully saturated rings. The number of rotatable bonds is 8. The van der Waals surface area contributed by atoms with Gasteiger partial charge in [-0.25, -0.2) is 0 Å². The highest BCUT2D eigenvalue weighted by atomic mass is 16.1. The maximum absolute atomic E-state index is 11.6. The maximum atomic E-state index is 11.6. The van der Waals surface area contributed by atoms with Crippen LogP contribution in [0.25, 0.3) is 0 Å². The summed E-state index contributed by atoms with van der Waals surface area (Å²) in [7, 11) is 0. The van der Waals surface area contributed by atoms with Crippen molar-refractivity contribution in [3.05, 3.63) is 29.8 Å². The van der Waals surface area contributed by atoms with E-state index in [4.69, 9.17) is 11.5 Å². The van der Waals surface area contributed by atoms with Crippen LogP contribution in [0.3, 0.4) is 0 Å². The summed E-state index contributed by atoms with van der Waals surface area (Å²) in [6.45, 7) is 1.34. The van der Waals surface area contributed by atoms with Crippen molar-refractivity contribution in [3.8, 4) is 0 Å². The van der Waals surface area contributed by atoms with Crippen molar-refractivity contribution in [2.45, 2.75) is 32.1 Å². The van der Waals surface area contributed by atoms with E-state index < -0.39 is 0 Å². The summed E-state index contributed by atoms with van der Waals surface area (Å²) in [4.78, 5) is 11.6. The van der Waals surface area contributed by atoms with Gasteiger partial charge in [-0.2, -0.15) is 0 Å². The van der Waals surface area contributed by atoms with Gasteiger partial charge in [0.25, 0.3) is 0 Å². The molecule has 0 aliphatic carbocycles. The number of hydrogen-bond acceptors (Lipinski definition) is 3. The number of carbonyl (C=O) groups excluding carboxylic acids is 1. The first-order chi connectivity index (χ1) is 8.76. The molecule has 0 atom stereocenters. The molecule has 0 heterocycles. The van der Waals surface area contributed by atoms with Crippen LogP contribution in [0.2, 0.25) is 0 Å². The molecule has 0 radical (unpaired) electrons. The minimum atomic E-state index is 0.0681. The van der Waals surface area contributed by atoms with E-state index in [1.807, 2.05) is 24.3 Å². The van der Waals surface area contributed by atoms with E-state index in [9.17, 15) is 4.79 Å². The molecule has 0 unspecified atom stereocenters. The SMILES string of the molecule is NCCCCCC(=O)Nc1ccc(CCN)cc1. The molecule has 0 saturated heterocycles. The van der Waals surface area contributed by atoms with E-state index in [1.165, 1.54) is 5.56 Å². The number of nitrogens with one attached hydrogen (secondary N) is 1. The summed E-state index contributed by atoms with van der Waals surface area (Å²) in [5, 5.41) is 2.89. The lowest BCUT2D eigenvalue weighted by Crippen LogP contribution is -2.11. The lowest BCUT2D eigenvalue weighted by Gasteiger charge is -2.06. The predicted octanol–water partition coefficient (Wildman–Crippen LogP) is 1.65. The Morgan fingerprint density at radius 2 is 1.72 bits per heavy atom. The fourth-order valence-electron chi connectivity index (χ4n) is 1.75. The second kappa shape index (κ2) is 8.66. The summed E-state index contributed by atoms with van der Waals surface area (Å²) in [5.41, 5.74) is 12.9. The van der Waals surface area contributed by atoms with Gasteiger partial charge in [-0.15, -0.1) is 0 Å². The molecule has 1 rings (SSSR count). The Labute approximate surface area is 109 Å². The van der Waals surface area contributed by atoms with E-state index in [0.717, 1.165) is 31.4 Å². The van der Waals surface area contributed by atoms with Crippen molar-refractivity contribution >= 4 is 11.6 Å². The first-order valence-corrected chi connectivity index (χ1v) is 6.55. The molecule has 0 aromatic heterocycles. The van der Waals surface area contributed by atoms with Gasteiger partial charge < -0.3 is 16.8 Å². The number of amides is 1. The fraction of sp³-hybridized carbons (Fsp3) is 0.500. The smallest absolute Gasteiger partial charge is 0.224 e. The third-order valence-electron chi connectivity index (χ3n) is 2.78. The number of carbonyl (C=O) groups is 1. The van der Waals surface area contributed by atoms with Crippen LogP contribution in [-0.4, -0.2) is 19.0 Å². The Kier molecular flexibility index (Phi) is 7.06. The fourth-order valence-corrected chi connectivity index (χ4v) is 1.75. The summed E-state index contributed by atoms with van der Waals surface area (Å²) in [6.07, 6.45) is 4.33. The molecule has 0 bridgehead atoms. The summed E-state index contributed by atoms with van der Waals surface area (Å²) in [5.74, 6) is 0.0681. The normalized spacial score (nSPS) is 10.3. The Balaban J connectivity index is 2.30. The van der Waals surface area contributed by atoms with Gasteiger partial charge >= 0.3 is 0 Å². The van der Waals surface area contributed by atoms with Crippen LogP contribution in [0.15, 0.2) is 24.3 Å². The summed E-state index contributed by atoms with van der Waals surface area (Å²) < 4.78 is 0. The molecule has 1 aromatic rings. The minimum Gasteiger partial charge on any atom is -0.330 e. The van der Waals surface area contributed by atoms with E-state index in [1.54, 1.807) is 0 Å². The van der Waals surface area contributed by atoms with Gasteiger partial charge in [-0.1, -0.05) is 18.6 Å². The highest BCUT2D eigenvalue weighted by Crippen LogP contribution is 2.11. The third-order valence-corrected chi connectivity index (χ3v) is 2.78. The molecular weight excluding hydrogens is 226 g/mol. The molecule has 1 aromatic carbocycles. The van der Waals surface area contributed by atoms with E-state index in [2.05, 4.69) is 5.32 Å². The Hall–Kier alpha value is -1.39. The van der Waals surface area contributed by atoms with Crippen molar-refractivity contribution in [2.24, 2.45) is 11.5 Å². The number of benzene rings is 1. The Bertz CT molecular complexity index is 349. The van der Waals surface area contributed by atoms with Gasteiger partial charge in [0.15, 0.2) is 0 Å². The summed E-state index contributed by atoms with van der Waals surface area (Å²) in [6, 6.07) is 7.83. The van der Waals surface area contributed by atoms with Gasteiger partial charge in [0, 0.05) is 12.1 Å². The minimum absolute atomic E-state index is 0.0681. The van der Waals surface area contributed by atoms with Gasteiger partial charge in [-0.05, 0) is 50.0 Å². The van der Waals surface area contributed by atoms with Gasteiger partial charge in [0.1, 0.15) is 0 Å². The monoisotopic (exact) mass is 249 g/mol. The maximum Gasteiger partial charge on any atom is 0.224 e. The molecule has 0 spiro atoms. The van der Waals surface area contributed by atoms with Crippen LogP contribution in [0.4, 0.5) is 5.69 Å². The first-order valence-electron chi connectivity index (χ1n) is 6.55. The molecule has 0 aliphatic rings. The lowest BCUT2D eigenvalue weighted by atomic mass is 10.1. The second-order valence-electron chi connectivity index (χ2n) is 4.38. The average Bonchev–Trinajstić information content (AvgIpc) is 2.37. The van der Waals surface area contributed by atoms with E-state index in [0.29, 0.717) is 19.5 Å². The average molecular weight is 249 g/mol. The number of hydrogen-bond donors (Lipinski definition) is 3. The number of unbranched alkanes of at least 4 members (excludes halogenated alkanes) is 2. The van der Waals surface area contributed by atoms with Gasteiger partial charge in [0.05, 0.1) is 0 Å². The number of anilines is 1. The molecule has 100 valence electrons. The van der Waals surface area contributed by atoms with Crippen LogP contribution >= 0.6 is 0 Å². The molecule has 18 heavy (non-hydrogen) atoms. The molecule has 4 heteroatoms. The molecular formula is C14H23N3O. The van der Waals surface area contributed by atoms with Crippen LogP contribution in [0.5, 0.6) is 0 Å². The van der Waals surface area contributed by atoms with Gasteiger partial charge in [0.2, 0.25) is 5.91 Å². The second-order valence-corrected chi connectivity index (χ2v) is 4.38. The molecule has 0 aliphatic heterocycles. The molecule has 0 saturated carbocycles. The molecule has 1 amide bonds. The van der Waals surface area contributed by atoms with Crippen LogP contribution in [0.1, 0.15) is 31.2 Å². The van der Waals surface area contributed by atoms with Crippen molar-refractivity contribution in [1.29, 1.82) is 0 Å². The summed E-state index contributed by atoms with van der Waals surface area (Å²) >= 11 is 0. The Morgan fingerprint density at radius 1 is 1.00 bits per heavy atom. The predicted molar refractivity (Wildman–Crippen MR) is 75.4 cm³/mol. The molecule has 4 nitrogen and oxygen atoms in total. The Morgan fingerprint density at radius 3 is 2.33 bits per heavy atom. The zero-order valence-corrected chi connectivity index (χ0v) is 10.8.